The summed E-state index contributed by atoms with van der Waals surface area (Å²) in [7, 11) is 3.58. The molecule has 1 aliphatic carbocycles. The second kappa shape index (κ2) is 6.45. The van der Waals surface area contributed by atoms with Crippen molar-refractivity contribution >= 4 is 5.91 Å². The van der Waals surface area contributed by atoms with E-state index in [1.807, 2.05) is 48.3 Å². The van der Waals surface area contributed by atoms with Crippen LogP contribution in [0, 0.1) is 5.92 Å². The van der Waals surface area contributed by atoms with Crippen molar-refractivity contribution in [1.29, 1.82) is 0 Å². The summed E-state index contributed by atoms with van der Waals surface area (Å²) in [6.45, 7) is 2.08. The van der Waals surface area contributed by atoms with Crippen LogP contribution in [0.4, 0.5) is 0 Å². The molecule has 0 heterocycles. The van der Waals surface area contributed by atoms with Gasteiger partial charge in [0, 0.05) is 13.0 Å². The van der Waals surface area contributed by atoms with E-state index >= 15 is 0 Å². The largest absolute Gasteiger partial charge is 0.496 e. The van der Waals surface area contributed by atoms with Gasteiger partial charge in [0.05, 0.1) is 13.2 Å². The second-order valence-electron chi connectivity index (χ2n) is 6.23. The molecule has 0 aromatic heterocycles. The number of carbonyl (C=O) groups is 1. The van der Waals surface area contributed by atoms with E-state index in [9.17, 15) is 4.79 Å². The quantitative estimate of drug-likeness (QED) is 0.835. The van der Waals surface area contributed by atoms with Gasteiger partial charge in [0.1, 0.15) is 5.75 Å². The molecule has 120 valence electrons. The summed E-state index contributed by atoms with van der Waals surface area (Å²) in [5.41, 5.74) is 2.31. The molecule has 0 saturated heterocycles. The third-order valence-corrected chi connectivity index (χ3v) is 4.86. The summed E-state index contributed by atoms with van der Waals surface area (Å²) in [4.78, 5) is 14.7. The van der Waals surface area contributed by atoms with Crippen molar-refractivity contribution in [3.05, 3.63) is 65.7 Å². The maximum atomic E-state index is 12.8. The van der Waals surface area contributed by atoms with Crippen LogP contribution in [0.5, 0.6) is 5.75 Å². The van der Waals surface area contributed by atoms with Crippen molar-refractivity contribution in [3.63, 3.8) is 0 Å². The minimum Gasteiger partial charge on any atom is -0.496 e. The van der Waals surface area contributed by atoms with Crippen molar-refractivity contribution < 1.29 is 9.53 Å². The Morgan fingerprint density at radius 3 is 2.48 bits per heavy atom. The molecule has 3 nitrogen and oxygen atoms in total. The van der Waals surface area contributed by atoms with Gasteiger partial charge in [-0.15, -0.1) is 0 Å². The molecule has 2 aromatic carbocycles. The summed E-state index contributed by atoms with van der Waals surface area (Å²) in [5, 5.41) is 0. The zero-order valence-electron chi connectivity index (χ0n) is 13.9. The third-order valence-electron chi connectivity index (χ3n) is 4.86. The molecule has 1 fully saturated rings. The van der Waals surface area contributed by atoms with Crippen LogP contribution in [0.3, 0.4) is 0 Å². The highest BCUT2D eigenvalue weighted by molar-refractivity contribution is 5.83. The number of para-hydroxylation sites is 1. The Morgan fingerprint density at radius 1 is 1.13 bits per heavy atom. The van der Waals surface area contributed by atoms with Crippen LogP contribution in [0.1, 0.15) is 36.4 Å². The Hall–Kier alpha value is -2.29. The minimum absolute atomic E-state index is 0.0717. The van der Waals surface area contributed by atoms with Crippen LogP contribution in [-0.4, -0.2) is 25.0 Å². The molecule has 1 aliphatic rings. The molecule has 3 atom stereocenters. The molecule has 23 heavy (non-hydrogen) atoms. The van der Waals surface area contributed by atoms with Gasteiger partial charge in [0.15, 0.2) is 0 Å². The number of hydrogen-bond acceptors (Lipinski definition) is 2. The Bertz CT molecular complexity index is 683. The first-order valence-corrected chi connectivity index (χ1v) is 8.08. The molecular weight excluding hydrogens is 286 g/mol. The lowest BCUT2D eigenvalue weighted by molar-refractivity contribution is -0.133. The number of hydrogen-bond donors (Lipinski definition) is 0. The molecular formula is C20H23NO2. The average Bonchev–Trinajstić information content (AvgIpc) is 3.41. The van der Waals surface area contributed by atoms with Gasteiger partial charge in [-0.3, -0.25) is 4.79 Å². The maximum absolute atomic E-state index is 12.8. The highest BCUT2D eigenvalue weighted by Gasteiger charge is 2.46. The molecule has 3 unspecified atom stereocenters. The average molecular weight is 309 g/mol. The van der Waals surface area contributed by atoms with Crippen LogP contribution in [0.15, 0.2) is 54.6 Å². The van der Waals surface area contributed by atoms with Crippen LogP contribution in [0.25, 0.3) is 0 Å². The standard InChI is InChI=1S/C20H23NO2/c1-14(15-9-5-4-6-10-15)21(2)20(22)18-13-17(18)16-11-7-8-12-19(16)23-3/h4-12,14,17-18H,13H2,1-3H3. The zero-order valence-corrected chi connectivity index (χ0v) is 13.9. The second-order valence-corrected chi connectivity index (χ2v) is 6.23. The fourth-order valence-electron chi connectivity index (χ4n) is 3.19. The van der Waals surface area contributed by atoms with E-state index < -0.39 is 0 Å². The minimum atomic E-state index is 0.0717. The van der Waals surface area contributed by atoms with E-state index in [1.54, 1.807) is 7.11 Å². The number of nitrogens with zero attached hydrogens (tertiary/aromatic N) is 1. The lowest BCUT2D eigenvalue weighted by atomic mass is 10.1. The van der Waals surface area contributed by atoms with Gasteiger partial charge in [0.2, 0.25) is 5.91 Å². The molecule has 1 saturated carbocycles. The third kappa shape index (κ3) is 3.09. The fourth-order valence-corrected chi connectivity index (χ4v) is 3.19. The van der Waals surface area contributed by atoms with Crippen molar-refractivity contribution in [1.82, 2.24) is 4.90 Å². The normalized spacial score (nSPS) is 20.7. The predicted molar refractivity (Wildman–Crippen MR) is 91.5 cm³/mol. The van der Waals surface area contributed by atoms with Crippen molar-refractivity contribution in [3.8, 4) is 5.75 Å². The summed E-state index contributed by atoms with van der Waals surface area (Å²) >= 11 is 0. The molecule has 0 N–H and O–H groups in total. The highest BCUT2D eigenvalue weighted by atomic mass is 16.5. The van der Waals surface area contributed by atoms with E-state index in [4.69, 9.17) is 4.74 Å². The van der Waals surface area contributed by atoms with Gasteiger partial charge < -0.3 is 9.64 Å². The molecule has 3 rings (SSSR count). The van der Waals surface area contributed by atoms with E-state index in [0.29, 0.717) is 0 Å². The van der Waals surface area contributed by atoms with E-state index in [1.165, 1.54) is 0 Å². The Balaban J connectivity index is 1.70. The summed E-state index contributed by atoms with van der Waals surface area (Å²) in [5.74, 6) is 1.45. The van der Waals surface area contributed by atoms with Crippen LogP contribution < -0.4 is 4.74 Å². The molecule has 1 amide bonds. The van der Waals surface area contributed by atoms with Crippen LogP contribution >= 0.6 is 0 Å². The highest BCUT2D eigenvalue weighted by Crippen LogP contribution is 2.51. The van der Waals surface area contributed by atoms with Crippen molar-refractivity contribution in [2.45, 2.75) is 25.3 Å². The van der Waals surface area contributed by atoms with Gasteiger partial charge in [-0.05, 0) is 36.5 Å². The number of benzene rings is 2. The Labute approximate surface area is 137 Å². The zero-order chi connectivity index (χ0) is 16.4. The molecule has 2 aromatic rings. The molecule has 0 spiro atoms. The Kier molecular flexibility index (Phi) is 4.37. The van der Waals surface area contributed by atoms with Crippen molar-refractivity contribution in [2.75, 3.05) is 14.2 Å². The number of methoxy groups -OCH3 is 1. The lowest BCUT2D eigenvalue weighted by Gasteiger charge is -2.25. The molecule has 0 bridgehead atoms. The van der Waals surface area contributed by atoms with Crippen LogP contribution in [-0.2, 0) is 4.79 Å². The van der Waals surface area contributed by atoms with E-state index in [2.05, 4.69) is 25.1 Å². The summed E-state index contributed by atoms with van der Waals surface area (Å²) in [6, 6.07) is 18.2. The fraction of sp³-hybridized carbons (Fsp3) is 0.350. The first-order valence-electron chi connectivity index (χ1n) is 8.08. The van der Waals surface area contributed by atoms with Gasteiger partial charge in [-0.25, -0.2) is 0 Å². The monoisotopic (exact) mass is 309 g/mol. The molecule has 3 heteroatoms. The summed E-state index contributed by atoms with van der Waals surface area (Å²) in [6.07, 6.45) is 0.908. The Morgan fingerprint density at radius 2 is 1.78 bits per heavy atom. The first-order chi connectivity index (χ1) is 11.1. The van der Waals surface area contributed by atoms with Crippen molar-refractivity contribution in [2.24, 2.45) is 5.92 Å². The number of carbonyl (C=O) groups excluding carboxylic acids is 1. The lowest BCUT2D eigenvalue weighted by Crippen LogP contribution is -2.31. The maximum Gasteiger partial charge on any atom is 0.226 e. The van der Waals surface area contributed by atoms with Gasteiger partial charge in [0.25, 0.3) is 0 Å². The SMILES string of the molecule is COc1ccccc1C1CC1C(=O)N(C)C(C)c1ccccc1. The van der Waals surface area contributed by atoms with Crippen LogP contribution in [0.2, 0.25) is 0 Å². The topological polar surface area (TPSA) is 29.5 Å². The van der Waals surface area contributed by atoms with Gasteiger partial charge in [-0.2, -0.15) is 0 Å². The number of rotatable bonds is 5. The van der Waals surface area contributed by atoms with E-state index in [-0.39, 0.29) is 23.8 Å². The first kappa shape index (κ1) is 15.6. The number of amides is 1. The predicted octanol–water partition coefficient (Wildman–Crippen LogP) is 4.02. The van der Waals surface area contributed by atoms with Gasteiger partial charge >= 0.3 is 0 Å². The summed E-state index contributed by atoms with van der Waals surface area (Å²) < 4.78 is 5.43. The van der Waals surface area contributed by atoms with E-state index in [0.717, 1.165) is 23.3 Å². The molecule has 0 radical (unpaired) electrons. The number of ether oxygens (including phenoxy) is 1. The molecule has 0 aliphatic heterocycles. The van der Waals surface area contributed by atoms with Gasteiger partial charge in [-0.1, -0.05) is 48.5 Å². The smallest absolute Gasteiger partial charge is 0.226 e.